The smallest absolute Gasteiger partial charge is 0.313 e. The number of halogens is 1. The van der Waals surface area contributed by atoms with E-state index in [9.17, 15) is 19.4 Å². The van der Waals surface area contributed by atoms with Crippen LogP contribution in [-0.2, 0) is 17.8 Å². The van der Waals surface area contributed by atoms with E-state index in [-0.39, 0.29) is 18.8 Å². The molecule has 4 rings (SSSR count). The Balaban J connectivity index is 1.55. The molecule has 1 aliphatic carbocycles. The van der Waals surface area contributed by atoms with Crippen molar-refractivity contribution in [2.75, 3.05) is 13.1 Å². The Bertz CT molecular complexity index is 818. The Morgan fingerprint density at radius 1 is 1.26 bits per heavy atom. The normalized spacial score (nSPS) is 26.2. The zero-order valence-electron chi connectivity index (χ0n) is 15.1. The summed E-state index contributed by atoms with van der Waals surface area (Å²) in [7, 11) is 0. The van der Waals surface area contributed by atoms with Crippen molar-refractivity contribution >= 4 is 5.97 Å². The first-order valence-corrected chi connectivity index (χ1v) is 9.38. The van der Waals surface area contributed by atoms with Crippen LogP contribution in [0.5, 0.6) is 0 Å². The van der Waals surface area contributed by atoms with Gasteiger partial charge in [0.15, 0.2) is 0 Å². The molecule has 2 atom stereocenters. The number of piperidine rings is 1. The summed E-state index contributed by atoms with van der Waals surface area (Å²) in [5, 5.41) is 20.6. The fourth-order valence-corrected chi connectivity index (χ4v) is 4.08. The monoisotopic (exact) mass is 373 g/mol. The number of carbonyl (C=O) groups is 1. The molecule has 0 unspecified atom stereocenters. The lowest BCUT2D eigenvalue weighted by Crippen LogP contribution is -2.57. The number of likely N-dealkylation sites (tertiary alicyclic amines) is 1. The lowest BCUT2D eigenvalue weighted by atomic mass is 9.73. The number of aromatic nitrogens is 2. The first-order chi connectivity index (χ1) is 13.0. The number of aliphatic hydroxyl groups is 1. The Morgan fingerprint density at radius 3 is 2.67 bits per heavy atom. The number of rotatable bonds is 6. The molecule has 1 saturated carbocycles. The molecule has 2 aliphatic rings. The van der Waals surface area contributed by atoms with Gasteiger partial charge in [0.1, 0.15) is 17.1 Å². The number of nitrogens with zero attached hydrogens (tertiary/aromatic N) is 3. The molecule has 2 N–H and O–H groups in total. The van der Waals surface area contributed by atoms with Crippen LogP contribution in [0, 0.1) is 11.2 Å². The van der Waals surface area contributed by atoms with Crippen molar-refractivity contribution in [3.63, 3.8) is 0 Å². The number of hydrogen-bond acceptors (Lipinski definition) is 4. The zero-order chi connectivity index (χ0) is 19.0. The quantitative estimate of drug-likeness (QED) is 0.812. The van der Waals surface area contributed by atoms with Crippen molar-refractivity contribution in [3.05, 3.63) is 53.9 Å². The molecule has 6 nitrogen and oxygen atoms in total. The maximum atomic E-state index is 13.2. The second kappa shape index (κ2) is 7.05. The van der Waals surface area contributed by atoms with Crippen LogP contribution in [0.25, 0.3) is 0 Å². The zero-order valence-corrected chi connectivity index (χ0v) is 15.1. The van der Waals surface area contributed by atoms with Crippen LogP contribution in [0.4, 0.5) is 4.39 Å². The number of benzene rings is 1. The lowest BCUT2D eigenvalue weighted by Gasteiger charge is -2.43. The summed E-state index contributed by atoms with van der Waals surface area (Å²) in [6.07, 6.45) is 5.69. The van der Waals surface area contributed by atoms with E-state index in [4.69, 9.17) is 0 Å². The van der Waals surface area contributed by atoms with Crippen LogP contribution in [0.3, 0.4) is 0 Å². The minimum absolute atomic E-state index is 0.164. The number of imidazole rings is 1. The predicted molar refractivity (Wildman–Crippen MR) is 96.6 cm³/mol. The summed E-state index contributed by atoms with van der Waals surface area (Å²) in [4.78, 5) is 18.7. The molecule has 1 aromatic heterocycles. The highest BCUT2D eigenvalue weighted by atomic mass is 19.1. The SMILES string of the molecule is O=C(O)[C@]1(Cc2ccc(F)cc2)CN(Cc2nccn2C2CC2)CC[C@H]1O. The van der Waals surface area contributed by atoms with E-state index in [0.29, 0.717) is 31.1 Å². The highest BCUT2D eigenvalue weighted by Gasteiger charge is 2.49. The van der Waals surface area contributed by atoms with E-state index in [1.54, 1.807) is 18.3 Å². The van der Waals surface area contributed by atoms with Crippen molar-refractivity contribution in [3.8, 4) is 0 Å². The number of carboxylic acids is 1. The summed E-state index contributed by atoms with van der Waals surface area (Å²) in [5.74, 6) is -0.439. The van der Waals surface area contributed by atoms with Gasteiger partial charge in [-0.2, -0.15) is 0 Å². The third-order valence-corrected chi connectivity index (χ3v) is 5.78. The molecule has 0 bridgehead atoms. The van der Waals surface area contributed by atoms with E-state index in [2.05, 4.69) is 14.5 Å². The fraction of sp³-hybridized carbons (Fsp3) is 0.500. The van der Waals surface area contributed by atoms with E-state index >= 15 is 0 Å². The Kier molecular flexibility index (Phi) is 4.74. The Morgan fingerprint density at radius 2 is 2.00 bits per heavy atom. The first kappa shape index (κ1) is 18.1. The minimum atomic E-state index is -1.31. The molecule has 0 radical (unpaired) electrons. The van der Waals surface area contributed by atoms with Gasteiger partial charge < -0.3 is 14.8 Å². The third kappa shape index (κ3) is 3.61. The number of aliphatic hydroxyl groups excluding tert-OH is 1. The number of hydrogen-bond donors (Lipinski definition) is 2. The molecule has 2 fully saturated rings. The van der Waals surface area contributed by atoms with Crippen LogP contribution in [0.1, 0.15) is 36.7 Å². The summed E-state index contributed by atoms with van der Waals surface area (Å²) in [5.41, 5.74) is -0.605. The van der Waals surface area contributed by atoms with Crippen LogP contribution < -0.4 is 0 Å². The van der Waals surface area contributed by atoms with Crippen molar-refractivity contribution in [1.29, 1.82) is 0 Å². The Labute approximate surface area is 157 Å². The summed E-state index contributed by atoms with van der Waals surface area (Å²) in [6, 6.07) is 6.34. The van der Waals surface area contributed by atoms with E-state index in [1.807, 2.05) is 6.20 Å². The average molecular weight is 373 g/mol. The van der Waals surface area contributed by atoms with Crippen molar-refractivity contribution in [2.24, 2.45) is 5.41 Å². The highest BCUT2D eigenvalue weighted by Crippen LogP contribution is 2.37. The van der Waals surface area contributed by atoms with Crippen LogP contribution in [0.2, 0.25) is 0 Å². The van der Waals surface area contributed by atoms with Crippen LogP contribution in [0.15, 0.2) is 36.7 Å². The summed E-state index contributed by atoms with van der Waals surface area (Å²) >= 11 is 0. The molecular formula is C20H24FN3O3. The molecule has 7 heteroatoms. The van der Waals surface area contributed by atoms with Gasteiger partial charge in [0.2, 0.25) is 0 Å². The second-order valence-corrected chi connectivity index (χ2v) is 7.76. The third-order valence-electron chi connectivity index (χ3n) is 5.78. The molecule has 1 aliphatic heterocycles. The molecule has 1 saturated heterocycles. The van der Waals surface area contributed by atoms with Gasteiger partial charge in [-0.25, -0.2) is 9.37 Å². The predicted octanol–water partition coefficient (Wildman–Crippen LogP) is 2.24. The van der Waals surface area contributed by atoms with Gasteiger partial charge in [-0.15, -0.1) is 0 Å². The highest BCUT2D eigenvalue weighted by molar-refractivity contribution is 5.76. The molecule has 2 heterocycles. The second-order valence-electron chi connectivity index (χ2n) is 7.76. The van der Waals surface area contributed by atoms with Crippen molar-refractivity contribution < 1.29 is 19.4 Å². The van der Waals surface area contributed by atoms with E-state index in [0.717, 1.165) is 18.7 Å². The molecule has 144 valence electrons. The summed E-state index contributed by atoms with van der Waals surface area (Å²) < 4.78 is 15.4. The molecule has 2 aromatic rings. The van der Waals surface area contributed by atoms with Gasteiger partial charge in [-0.3, -0.25) is 9.69 Å². The molecule has 0 amide bonds. The molecule has 0 spiro atoms. The van der Waals surface area contributed by atoms with Crippen molar-refractivity contribution in [2.45, 2.75) is 44.4 Å². The van der Waals surface area contributed by atoms with E-state index in [1.165, 1.54) is 12.1 Å². The molecular weight excluding hydrogens is 349 g/mol. The standard InChI is InChI=1S/C20H24FN3O3/c21-15-3-1-14(2-4-15)11-20(19(26)27)13-23(9-7-17(20)25)12-18-22-8-10-24(18)16-5-6-16/h1-4,8,10,16-17,25H,5-7,9,11-13H2,(H,26,27)/t17-,20-/m1/s1. The van der Waals surface area contributed by atoms with Crippen LogP contribution in [-0.4, -0.2) is 49.8 Å². The van der Waals surface area contributed by atoms with Gasteiger partial charge in [0.25, 0.3) is 0 Å². The van der Waals surface area contributed by atoms with Gasteiger partial charge in [-0.1, -0.05) is 12.1 Å². The van der Waals surface area contributed by atoms with Gasteiger partial charge in [0.05, 0.1) is 12.6 Å². The summed E-state index contributed by atoms with van der Waals surface area (Å²) in [6.45, 7) is 1.42. The average Bonchev–Trinajstić information content (AvgIpc) is 3.39. The van der Waals surface area contributed by atoms with Gasteiger partial charge in [0, 0.05) is 31.5 Å². The first-order valence-electron chi connectivity index (χ1n) is 9.38. The molecule has 1 aromatic carbocycles. The minimum Gasteiger partial charge on any atom is -0.481 e. The molecule has 27 heavy (non-hydrogen) atoms. The largest absolute Gasteiger partial charge is 0.481 e. The number of aliphatic carboxylic acids is 1. The van der Waals surface area contributed by atoms with E-state index < -0.39 is 17.5 Å². The van der Waals surface area contributed by atoms with Gasteiger partial charge >= 0.3 is 5.97 Å². The number of carboxylic acid groups (broad SMARTS) is 1. The van der Waals surface area contributed by atoms with Gasteiger partial charge in [-0.05, 0) is 43.4 Å². The fourth-order valence-electron chi connectivity index (χ4n) is 4.08. The van der Waals surface area contributed by atoms with Crippen molar-refractivity contribution in [1.82, 2.24) is 14.5 Å². The Hall–Kier alpha value is -2.25. The lowest BCUT2D eigenvalue weighted by molar-refractivity contribution is -0.163. The maximum absolute atomic E-state index is 13.2. The topological polar surface area (TPSA) is 78.6 Å². The maximum Gasteiger partial charge on any atom is 0.313 e. The van der Waals surface area contributed by atoms with Crippen LogP contribution >= 0.6 is 0 Å².